The Balaban J connectivity index is 1.65. The molecule has 0 aliphatic heterocycles. The summed E-state index contributed by atoms with van der Waals surface area (Å²) in [6.45, 7) is 4.03. The number of hydrogen-bond donors (Lipinski definition) is 2. The minimum absolute atomic E-state index is 0.176. The third-order valence-electron chi connectivity index (χ3n) is 4.54. The number of carbonyl (C=O) groups is 2. The van der Waals surface area contributed by atoms with Gasteiger partial charge >= 0.3 is 0 Å². The van der Waals surface area contributed by atoms with Gasteiger partial charge < -0.3 is 20.1 Å². The molecule has 0 saturated heterocycles. The zero-order valence-electron chi connectivity index (χ0n) is 18.3. The maximum absolute atomic E-state index is 12.9. The lowest BCUT2D eigenvalue weighted by atomic mass is 10.1. The SMILES string of the molecule is COc1ccc(OC[C@@H](C)NC(=O)/C(=C/c2cccs2)NC(=O)c2cccc(C)c2)cc1. The van der Waals surface area contributed by atoms with Crippen LogP contribution >= 0.6 is 11.3 Å². The Morgan fingerprint density at radius 3 is 2.47 bits per heavy atom. The topological polar surface area (TPSA) is 76.7 Å². The van der Waals surface area contributed by atoms with Crippen LogP contribution in [0.3, 0.4) is 0 Å². The molecule has 0 radical (unpaired) electrons. The molecule has 0 aliphatic carbocycles. The molecular formula is C25H26N2O4S. The van der Waals surface area contributed by atoms with Gasteiger partial charge in [-0.25, -0.2) is 0 Å². The van der Waals surface area contributed by atoms with Crippen LogP contribution in [0.25, 0.3) is 6.08 Å². The summed E-state index contributed by atoms with van der Waals surface area (Å²) in [5.74, 6) is 0.694. The number of aryl methyl sites for hydroxylation is 1. The Hall–Kier alpha value is -3.58. The van der Waals surface area contributed by atoms with E-state index in [2.05, 4.69) is 10.6 Å². The van der Waals surface area contributed by atoms with E-state index < -0.39 is 0 Å². The molecule has 32 heavy (non-hydrogen) atoms. The highest BCUT2D eigenvalue weighted by molar-refractivity contribution is 7.10. The van der Waals surface area contributed by atoms with Crippen molar-refractivity contribution >= 4 is 29.2 Å². The molecule has 0 bridgehead atoms. The van der Waals surface area contributed by atoms with Gasteiger partial charge in [-0.05, 0) is 67.8 Å². The van der Waals surface area contributed by atoms with Gasteiger partial charge in [-0.3, -0.25) is 9.59 Å². The van der Waals surface area contributed by atoms with E-state index in [4.69, 9.17) is 9.47 Å². The maximum Gasteiger partial charge on any atom is 0.268 e. The predicted octanol–water partition coefficient (Wildman–Crippen LogP) is 4.42. The molecule has 2 N–H and O–H groups in total. The largest absolute Gasteiger partial charge is 0.497 e. The van der Waals surface area contributed by atoms with Gasteiger partial charge in [0.1, 0.15) is 23.8 Å². The fourth-order valence-corrected chi connectivity index (χ4v) is 3.55. The highest BCUT2D eigenvalue weighted by atomic mass is 32.1. The van der Waals surface area contributed by atoms with E-state index in [0.29, 0.717) is 11.3 Å². The first-order valence-corrected chi connectivity index (χ1v) is 11.0. The highest BCUT2D eigenvalue weighted by Gasteiger charge is 2.17. The third-order valence-corrected chi connectivity index (χ3v) is 5.36. The van der Waals surface area contributed by atoms with E-state index >= 15 is 0 Å². The molecule has 0 aliphatic rings. The van der Waals surface area contributed by atoms with Crippen molar-refractivity contribution in [2.75, 3.05) is 13.7 Å². The first kappa shape index (κ1) is 23.1. The van der Waals surface area contributed by atoms with E-state index in [1.54, 1.807) is 49.6 Å². The van der Waals surface area contributed by atoms with Crippen molar-refractivity contribution in [1.82, 2.24) is 10.6 Å². The van der Waals surface area contributed by atoms with Gasteiger partial charge in [0.05, 0.1) is 13.2 Å². The van der Waals surface area contributed by atoms with Gasteiger partial charge in [-0.15, -0.1) is 11.3 Å². The molecule has 2 amide bonds. The number of rotatable bonds is 9. The van der Waals surface area contributed by atoms with Crippen molar-refractivity contribution in [3.63, 3.8) is 0 Å². The number of thiophene rings is 1. The summed E-state index contributed by atoms with van der Waals surface area (Å²) in [7, 11) is 1.60. The van der Waals surface area contributed by atoms with Crippen LogP contribution < -0.4 is 20.1 Å². The molecule has 1 aromatic heterocycles. The average molecular weight is 451 g/mol. The van der Waals surface area contributed by atoms with Gasteiger partial charge in [0.2, 0.25) is 0 Å². The minimum Gasteiger partial charge on any atom is -0.497 e. The zero-order chi connectivity index (χ0) is 22.9. The van der Waals surface area contributed by atoms with Gasteiger partial charge in [0.25, 0.3) is 11.8 Å². The van der Waals surface area contributed by atoms with Gasteiger partial charge in [-0.1, -0.05) is 23.8 Å². The zero-order valence-corrected chi connectivity index (χ0v) is 19.1. The number of benzene rings is 2. The van der Waals surface area contributed by atoms with E-state index in [1.165, 1.54) is 11.3 Å². The van der Waals surface area contributed by atoms with E-state index in [9.17, 15) is 9.59 Å². The lowest BCUT2D eigenvalue weighted by molar-refractivity contribution is -0.118. The van der Waals surface area contributed by atoms with Crippen molar-refractivity contribution in [3.05, 3.63) is 87.7 Å². The smallest absolute Gasteiger partial charge is 0.268 e. The van der Waals surface area contributed by atoms with Crippen LogP contribution in [0.2, 0.25) is 0 Å². The number of nitrogens with one attached hydrogen (secondary N) is 2. The molecule has 7 heteroatoms. The Kier molecular flexibility index (Phi) is 8.05. The van der Waals surface area contributed by atoms with Crippen LogP contribution in [0, 0.1) is 6.92 Å². The fraction of sp³-hybridized carbons (Fsp3) is 0.200. The number of ether oxygens (including phenoxy) is 2. The summed E-state index contributed by atoms with van der Waals surface area (Å²) in [6.07, 6.45) is 1.67. The molecule has 3 aromatic rings. The van der Waals surface area contributed by atoms with Crippen LogP contribution in [0.5, 0.6) is 11.5 Å². The molecular weight excluding hydrogens is 424 g/mol. The lowest BCUT2D eigenvalue weighted by Crippen LogP contribution is -2.41. The van der Waals surface area contributed by atoms with Crippen LogP contribution in [-0.2, 0) is 4.79 Å². The molecule has 166 valence electrons. The molecule has 6 nitrogen and oxygen atoms in total. The second kappa shape index (κ2) is 11.2. The predicted molar refractivity (Wildman–Crippen MR) is 127 cm³/mol. The first-order valence-electron chi connectivity index (χ1n) is 10.2. The molecule has 0 unspecified atom stereocenters. The first-order chi connectivity index (χ1) is 15.4. The number of hydrogen-bond acceptors (Lipinski definition) is 5. The molecule has 1 atom stereocenters. The van der Waals surface area contributed by atoms with Crippen molar-refractivity contribution in [2.45, 2.75) is 19.9 Å². The van der Waals surface area contributed by atoms with Crippen molar-refractivity contribution < 1.29 is 19.1 Å². The highest BCUT2D eigenvalue weighted by Crippen LogP contribution is 2.17. The molecule has 0 spiro atoms. The van der Waals surface area contributed by atoms with Gasteiger partial charge in [-0.2, -0.15) is 0 Å². The monoisotopic (exact) mass is 450 g/mol. The standard InChI is InChI=1S/C25H26N2O4S/c1-17-6-4-7-19(14-17)24(28)27-23(15-22-8-5-13-32-22)25(29)26-18(2)16-31-21-11-9-20(30-3)10-12-21/h4-15,18H,16H2,1-3H3,(H,26,29)(H,27,28)/b23-15-/t18-/m1/s1. The second-order valence-corrected chi connectivity index (χ2v) is 8.24. The molecule has 0 saturated carbocycles. The summed E-state index contributed by atoms with van der Waals surface area (Å²) in [4.78, 5) is 26.5. The van der Waals surface area contributed by atoms with Gasteiger partial charge in [0, 0.05) is 10.4 Å². The summed E-state index contributed by atoms with van der Waals surface area (Å²) in [5, 5.41) is 7.55. The Labute approximate surface area is 191 Å². The fourth-order valence-electron chi connectivity index (χ4n) is 2.89. The Morgan fingerprint density at radius 1 is 1.06 bits per heavy atom. The number of methoxy groups -OCH3 is 1. The van der Waals surface area contributed by atoms with Crippen molar-refractivity contribution in [2.24, 2.45) is 0 Å². The van der Waals surface area contributed by atoms with Crippen molar-refractivity contribution in [3.8, 4) is 11.5 Å². The van der Waals surface area contributed by atoms with Crippen LogP contribution in [-0.4, -0.2) is 31.6 Å². The van der Waals surface area contributed by atoms with E-state index in [1.807, 2.05) is 43.5 Å². The lowest BCUT2D eigenvalue weighted by Gasteiger charge is -2.17. The van der Waals surface area contributed by atoms with Crippen LogP contribution in [0.4, 0.5) is 0 Å². The quantitative estimate of drug-likeness (QED) is 0.473. The molecule has 0 fully saturated rings. The molecule has 3 rings (SSSR count). The van der Waals surface area contributed by atoms with Crippen LogP contribution in [0.1, 0.15) is 27.7 Å². The summed E-state index contributed by atoms with van der Waals surface area (Å²) in [5.41, 5.74) is 1.64. The van der Waals surface area contributed by atoms with Gasteiger partial charge in [0.15, 0.2) is 0 Å². The van der Waals surface area contributed by atoms with E-state index in [-0.39, 0.29) is 30.2 Å². The molecule has 1 heterocycles. The second-order valence-electron chi connectivity index (χ2n) is 7.26. The third kappa shape index (κ3) is 6.72. The Morgan fingerprint density at radius 2 is 1.81 bits per heavy atom. The minimum atomic E-state index is -0.384. The number of amides is 2. The number of carbonyl (C=O) groups excluding carboxylic acids is 2. The Bertz CT molecular complexity index is 1080. The maximum atomic E-state index is 12.9. The molecule has 2 aromatic carbocycles. The summed E-state index contributed by atoms with van der Waals surface area (Å²) >= 11 is 1.48. The average Bonchev–Trinajstić information content (AvgIpc) is 3.30. The normalized spacial score (nSPS) is 12.0. The van der Waals surface area contributed by atoms with Crippen LogP contribution in [0.15, 0.2) is 71.7 Å². The summed E-state index contributed by atoms with van der Waals surface area (Å²) in [6, 6.07) is 17.9. The summed E-state index contributed by atoms with van der Waals surface area (Å²) < 4.78 is 10.9. The van der Waals surface area contributed by atoms with E-state index in [0.717, 1.165) is 16.2 Å². The van der Waals surface area contributed by atoms with Crippen molar-refractivity contribution in [1.29, 1.82) is 0 Å².